The number of hydrogen-bond acceptors (Lipinski definition) is 3. The molecule has 2 atom stereocenters. The van der Waals surface area contributed by atoms with Gasteiger partial charge in [0.15, 0.2) is 0 Å². The molecule has 0 saturated carbocycles. The summed E-state index contributed by atoms with van der Waals surface area (Å²) < 4.78 is 0. The predicted molar refractivity (Wildman–Crippen MR) is 83.0 cm³/mol. The van der Waals surface area contributed by atoms with Crippen molar-refractivity contribution in [3.05, 3.63) is 0 Å². The summed E-state index contributed by atoms with van der Waals surface area (Å²) in [5.41, 5.74) is 0. The molecular formula is C14H28ClN3O2. The monoisotopic (exact) mass is 305 g/mol. The van der Waals surface area contributed by atoms with Crippen LogP contribution in [0.25, 0.3) is 0 Å². The minimum absolute atomic E-state index is 0. The van der Waals surface area contributed by atoms with Crippen LogP contribution in [0.3, 0.4) is 0 Å². The predicted octanol–water partition coefficient (Wildman–Crippen LogP) is 1.17. The number of likely N-dealkylation sites (tertiary alicyclic amines) is 1. The molecule has 0 spiro atoms. The first-order valence-electron chi connectivity index (χ1n) is 7.31. The molecule has 1 fully saturated rings. The average Bonchev–Trinajstić information content (AvgIpc) is 2.77. The zero-order valence-electron chi connectivity index (χ0n) is 12.8. The molecule has 1 heterocycles. The Morgan fingerprint density at radius 1 is 1.45 bits per heavy atom. The van der Waals surface area contributed by atoms with Gasteiger partial charge in [-0.05, 0) is 33.4 Å². The molecule has 0 aromatic rings. The van der Waals surface area contributed by atoms with E-state index in [-0.39, 0.29) is 36.2 Å². The Hall–Kier alpha value is -0.810. The summed E-state index contributed by atoms with van der Waals surface area (Å²) in [4.78, 5) is 25.7. The molecule has 2 N–H and O–H groups in total. The van der Waals surface area contributed by atoms with Crippen LogP contribution in [0.1, 0.15) is 39.5 Å². The lowest BCUT2D eigenvalue weighted by Gasteiger charge is -2.24. The van der Waals surface area contributed by atoms with Crippen LogP contribution in [0.5, 0.6) is 0 Å². The standard InChI is InChI=1S/C14H27N3O2.ClH/c1-4-6-11(2)17-10-12(9-13(17)18)14(19)16-8-5-7-15-3;/h11-12,15H,4-10H2,1-3H3,(H,16,19);1H. The molecule has 2 unspecified atom stereocenters. The van der Waals surface area contributed by atoms with E-state index in [1.54, 1.807) is 0 Å². The van der Waals surface area contributed by atoms with Gasteiger partial charge < -0.3 is 15.5 Å². The maximum atomic E-state index is 12.0. The third-order valence-corrected chi connectivity index (χ3v) is 3.67. The normalized spacial score (nSPS) is 19.6. The highest BCUT2D eigenvalue weighted by molar-refractivity contribution is 5.89. The van der Waals surface area contributed by atoms with Crippen LogP contribution in [0.2, 0.25) is 0 Å². The third-order valence-electron chi connectivity index (χ3n) is 3.67. The van der Waals surface area contributed by atoms with E-state index in [9.17, 15) is 9.59 Å². The zero-order chi connectivity index (χ0) is 14.3. The largest absolute Gasteiger partial charge is 0.356 e. The zero-order valence-corrected chi connectivity index (χ0v) is 13.6. The van der Waals surface area contributed by atoms with E-state index in [1.165, 1.54) is 0 Å². The minimum atomic E-state index is -0.165. The lowest BCUT2D eigenvalue weighted by atomic mass is 10.1. The maximum absolute atomic E-state index is 12.0. The van der Waals surface area contributed by atoms with Crippen LogP contribution >= 0.6 is 12.4 Å². The number of hydrogen-bond donors (Lipinski definition) is 2. The van der Waals surface area contributed by atoms with Gasteiger partial charge in [-0.1, -0.05) is 13.3 Å². The Morgan fingerprint density at radius 3 is 2.75 bits per heavy atom. The van der Waals surface area contributed by atoms with Gasteiger partial charge in [-0.2, -0.15) is 0 Å². The number of carbonyl (C=O) groups is 2. The van der Waals surface area contributed by atoms with Crippen LogP contribution < -0.4 is 10.6 Å². The summed E-state index contributed by atoms with van der Waals surface area (Å²) in [7, 11) is 1.89. The second-order valence-electron chi connectivity index (χ2n) is 5.33. The quantitative estimate of drug-likeness (QED) is 0.662. The fourth-order valence-electron chi connectivity index (χ4n) is 2.53. The van der Waals surface area contributed by atoms with Crippen LogP contribution in [-0.4, -0.2) is 49.4 Å². The highest BCUT2D eigenvalue weighted by atomic mass is 35.5. The van der Waals surface area contributed by atoms with Crippen molar-refractivity contribution in [2.24, 2.45) is 5.92 Å². The molecule has 0 radical (unpaired) electrons. The molecular weight excluding hydrogens is 278 g/mol. The highest BCUT2D eigenvalue weighted by Gasteiger charge is 2.35. The molecule has 0 bridgehead atoms. The van der Waals surface area contributed by atoms with E-state index in [0.29, 0.717) is 19.5 Å². The third kappa shape index (κ3) is 5.67. The molecule has 118 valence electrons. The minimum Gasteiger partial charge on any atom is -0.356 e. The van der Waals surface area contributed by atoms with Gasteiger partial charge in [-0.15, -0.1) is 12.4 Å². The van der Waals surface area contributed by atoms with Crippen LogP contribution in [0.4, 0.5) is 0 Å². The van der Waals surface area contributed by atoms with Crippen molar-refractivity contribution in [1.29, 1.82) is 0 Å². The highest BCUT2D eigenvalue weighted by Crippen LogP contribution is 2.22. The molecule has 1 rings (SSSR count). The first-order chi connectivity index (χ1) is 9.10. The summed E-state index contributed by atoms with van der Waals surface area (Å²) in [5, 5.41) is 5.95. The van der Waals surface area contributed by atoms with Gasteiger partial charge in [0.1, 0.15) is 0 Å². The van der Waals surface area contributed by atoms with Gasteiger partial charge in [0, 0.05) is 25.6 Å². The summed E-state index contributed by atoms with van der Waals surface area (Å²) in [5.74, 6) is -0.0200. The van der Waals surface area contributed by atoms with Crippen molar-refractivity contribution >= 4 is 24.2 Å². The van der Waals surface area contributed by atoms with Crippen molar-refractivity contribution in [1.82, 2.24) is 15.5 Å². The maximum Gasteiger partial charge on any atom is 0.225 e. The molecule has 1 aliphatic rings. The van der Waals surface area contributed by atoms with Crippen molar-refractivity contribution in [3.8, 4) is 0 Å². The SMILES string of the molecule is CCCC(C)N1CC(C(=O)NCCCNC)CC1=O.Cl. The van der Waals surface area contributed by atoms with Crippen molar-refractivity contribution < 1.29 is 9.59 Å². The molecule has 6 heteroatoms. The molecule has 0 aromatic carbocycles. The second-order valence-corrected chi connectivity index (χ2v) is 5.33. The number of rotatable bonds is 8. The number of nitrogens with zero attached hydrogens (tertiary/aromatic N) is 1. The first kappa shape index (κ1) is 19.2. The van der Waals surface area contributed by atoms with Crippen LogP contribution in [0, 0.1) is 5.92 Å². The lowest BCUT2D eigenvalue weighted by molar-refractivity contribution is -0.130. The van der Waals surface area contributed by atoms with Gasteiger partial charge >= 0.3 is 0 Å². The van der Waals surface area contributed by atoms with E-state index in [4.69, 9.17) is 0 Å². The molecule has 1 aliphatic heterocycles. The summed E-state index contributed by atoms with van der Waals surface area (Å²) in [6.07, 6.45) is 3.35. The van der Waals surface area contributed by atoms with E-state index in [0.717, 1.165) is 25.8 Å². The second kappa shape index (κ2) is 10.00. The molecule has 20 heavy (non-hydrogen) atoms. The van der Waals surface area contributed by atoms with Crippen LogP contribution in [0.15, 0.2) is 0 Å². The molecule has 0 aromatic heterocycles. The Labute approximate surface area is 128 Å². The van der Waals surface area contributed by atoms with Gasteiger partial charge in [-0.3, -0.25) is 9.59 Å². The smallest absolute Gasteiger partial charge is 0.225 e. The van der Waals surface area contributed by atoms with E-state index < -0.39 is 0 Å². The van der Waals surface area contributed by atoms with Gasteiger partial charge in [-0.25, -0.2) is 0 Å². The first-order valence-corrected chi connectivity index (χ1v) is 7.31. The van der Waals surface area contributed by atoms with Crippen molar-refractivity contribution in [2.75, 3.05) is 26.7 Å². The molecule has 5 nitrogen and oxygen atoms in total. The molecule has 2 amide bonds. The Kier molecular flexibility index (Phi) is 9.59. The number of halogens is 1. The lowest BCUT2D eigenvalue weighted by Crippen LogP contribution is -2.37. The Morgan fingerprint density at radius 2 is 2.15 bits per heavy atom. The van der Waals surface area contributed by atoms with Crippen LogP contribution in [-0.2, 0) is 9.59 Å². The fraction of sp³-hybridized carbons (Fsp3) is 0.857. The summed E-state index contributed by atoms with van der Waals surface area (Å²) in [6.45, 7) is 6.33. The van der Waals surface area contributed by atoms with E-state index in [1.807, 2.05) is 11.9 Å². The van der Waals surface area contributed by atoms with Crippen molar-refractivity contribution in [2.45, 2.75) is 45.6 Å². The summed E-state index contributed by atoms with van der Waals surface area (Å²) >= 11 is 0. The van der Waals surface area contributed by atoms with Gasteiger partial charge in [0.2, 0.25) is 11.8 Å². The van der Waals surface area contributed by atoms with Gasteiger partial charge in [0.25, 0.3) is 0 Å². The summed E-state index contributed by atoms with van der Waals surface area (Å²) in [6, 6.07) is 0.250. The fourth-order valence-corrected chi connectivity index (χ4v) is 2.53. The molecule has 1 saturated heterocycles. The van der Waals surface area contributed by atoms with Gasteiger partial charge in [0.05, 0.1) is 5.92 Å². The molecule has 0 aliphatic carbocycles. The number of nitrogens with one attached hydrogen (secondary N) is 2. The number of amides is 2. The Bertz CT molecular complexity index is 313. The van der Waals surface area contributed by atoms with E-state index in [2.05, 4.69) is 24.5 Å². The number of carbonyl (C=O) groups excluding carboxylic acids is 2. The Balaban J connectivity index is 0.00000361. The average molecular weight is 306 g/mol. The van der Waals surface area contributed by atoms with E-state index >= 15 is 0 Å². The topological polar surface area (TPSA) is 61.4 Å². The van der Waals surface area contributed by atoms with Crippen molar-refractivity contribution in [3.63, 3.8) is 0 Å².